The van der Waals surface area contributed by atoms with E-state index >= 15 is 0 Å². The number of benzene rings is 2. The van der Waals surface area contributed by atoms with Gasteiger partial charge in [-0.1, -0.05) is 54.6 Å². The summed E-state index contributed by atoms with van der Waals surface area (Å²) in [5, 5.41) is 6.65. The molecule has 2 aromatic carbocycles. The number of ether oxygens (including phenoxy) is 7. The number of aromatic nitrogens is 2. The van der Waals surface area contributed by atoms with Crippen LogP contribution in [0.3, 0.4) is 0 Å². The maximum atomic E-state index is 13.0. The van der Waals surface area contributed by atoms with Crippen LogP contribution in [0.5, 0.6) is 5.75 Å². The number of carbonyl (C=O) groups is 2. The summed E-state index contributed by atoms with van der Waals surface area (Å²) in [7, 11) is 2.81. The second kappa shape index (κ2) is 20.2. The van der Waals surface area contributed by atoms with Gasteiger partial charge in [-0.05, 0) is 37.5 Å². The molecule has 0 bridgehead atoms. The standard InChI is InChI=1S/C35H47N3O10/c1-35(2,3)48-34(41)37-29(33(40)42-5)23-26-11-13-28(14-12-26)31-30(24-36-38(4)32(31)39)47-22-21-45-18-17-43-15-16-44-19-20-46-25-27-9-7-6-8-10-27/h6-14,24,29H,15-23,25H2,1-5H3,(H,37,41). The van der Waals surface area contributed by atoms with Crippen LogP contribution in [0.25, 0.3) is 11.1 Å². The van der Waals surface area contributed by atoms with Gasteiger partial charge in [0.25, 0.3) is 5.56 Å². The number of hydrogen-bond donors (Lipinski definition) is 1. The molecule has 0 aliphatic carbocycles. The van der Waals surface area contributed by atoms with Crippen LogP contribution in [0, 0.1) is 0 Å². The van der Waals surface area contributed by atoms with Crippen molar-refractivity contribution in [2.45, 2.75) is 45.4 Å². The van der Waals surface area contributed by atoms with Gasteiger partial charge in [-0.3, -0.25) is 4.79 Å². The Morgan fingerprint density at radius 2 is 1.40 bits per heavy atom. The summed E-state index contributed by atoms with van der Waals surface area (Å²) >= 11 is 0. The van der Waals surface area contributed by atoms with Crippen molar-refractivity contribution in [3.8, 4) is 16.9 Å². The van der Waals surface area contributed by atoms with Gasteiger partial charge in [0.05, 0.1) is 71.7 Å². The van der Waals surface area contributed by atoms with Crippen molar-refractivity contribution in [1.29, 1.82) is 0 Å². The molecule has 0 fully saturated rings. The number of carbonyl (C=O) groups excluding carboxylic acids is 2. The summed E-state index contributed by atoms with van der Waals surface area (Å²) in [6, 6.07) is 16.0. The molecule has 0 saturated carbocycles. The predicted molar refractivity (Wildman–Crippen MR) is 178 cm³/mol. The number of hydrogen-bond acceptors (Lipinski definition) is 11. The fourth-order valence-corrected chi connectivity index (χ4v) is 4.36. The Morgan fingerprint density at radius 3 is 1.98 bits per heavy atom. The summed E-state index contributed by atoms with van der Waals surface area (Å²) in [6.45, 7) is 8.94. The van der Waals surface area contributed by atoms with Gasteiger partial charge in [0, 0.05) is 13.5 Å². The first-order valence-corrected chi connectivity index (χ1v) is 15.8. The molecular weight excluding hydrogens is 622 g/mol. The molecule has 1 unspecified atom stereocenters. The Bertz CT molecular complexity index is 1460. The third-order valence-electron chi connectivity index (χ3n) is 6.67. The Hall–Kier alpha value is -4.30. The van der Waals surface area contributed by atoms with E-state index in [9.17, 15) is 14.4 Å². The Kier molecular flexibility index (Phi) is 16.0. The van der Waals surface area contributed by atoms with Gasteiger partial charge in [-0.15, -0.1) is 0 Å². The maximum Gasteiger partial charge on any atom is 0.408 e. The number of alkyl carbamates (subject to hydrolysis) is 1. The average Bonchev–Trinajstić information content (AvgIpc) is 3.06. The molecule has 0 saturated heterocycles. The quantitative estimate of drug-likeness (QED) is 0.139. The lowest BCUT2D eigenvalue weighted by molar-refractivity contribution is -0.143. The van der Waals surface area contributed by atoms with Crippen LogP contribution in [-0.2, 0) is 53.3 Å². The fraction of sp³-hybridized carbons (Fsp3) is 0.486. The lowest BCUT2D eigenvalue weighted by Gasteiger charge is -2.22. The molecule has 1 aromatic heterocycles. The molecule has 262 valence electrons. The molecule has 0 radical (unpaired) electrons. The molecular formula is C35H47N3O10. The average molecular weight is 670 g/mol. The number of esters is 1. The van der Waals surface area contributed by atoms with Crippen molar-refractivity contribution in [3.63, 3.8) is 0 Å². The van der Waals surface area contributed by atoms with Crippen LogP contribution in [-0.4, -0.2) is 93.5 Å². The minimum Gasteiger partial charge on any atom is -0.489 e. The lowest BCUT2D eigenvalue weighted by Crippen LogP contribution is -2.45. The van der Waals surface area contributed by atoms with Crippen LogP contribution < -0.4 is 15.6 Å². The Labute approximate surface area is 281 Å². The molecule has 1 N–H and O–H groups in total. The molecule has 13 heteroatoms. The summed E-state index contributed by atoms with van der Waals surface area (Å²) in [4.78, 5) is 37.7. The van der Waals surface area contributed by atoms with E-state index in [1.54, 1.807) is 52.1 Å². The van der Waals surface area contributed by atoms with Crippen molar-refractivity contribution < 1.29 is 42.7 Å². The fourth-order valence-electron chi connectivity index (χ4n) is 4.36. The van der Waals surface area contributed by atoms with Gasteiger partial charge in [0.2, 0.25) is 0 Å². The van der Waals surface area contributed by atoms with E-state index in [4.69, 9.17) is 33.2 Å². The van der Waals surface area contributed by atoms with E-state index in [-0.39, 0.29) is 25.2 Å². The number of nitrogens with one attached hydrogen (secondary N) is 1. The number of rotatable bonds is 20. The minimum atomic E-state index is -0.961. The Morgan fingerprint density at radius 1 is 0.812 bits per heavy atom. The zero-order valence-corrected chi connectivity index (χ0v) is 28.4. The molecule has 1 atom stereocenters. The summed E-state index contributed by atoms with van der Waals surface area (Å²) in [5.41, 5.74) is 1.74. The first-order valence-electron chi connectivity index (χ1n) is 15.8. The van der Waals surface area contributed by atoms with Gasteiger partial charge >= 0.3 is 12.1 Å². The first-order chi connectivity index (χ1) is 23.1. The maximum absolute atomic E-state index is 13.0. The smallest absolute Gasteiger partial charge is 0.408 e. The minimum absolute atomic E-state index is 0.155. The Balaban J connectivity index is 1.40. The van der Waals surface area contributed by atoms with E-state index < -0.39 is 23.7 Å². The molecule has 3 aromatic rings. The molecule has 0 spiro atoms. The van der Waals surface area contributed by atoms with E-state index in [0.29, 0.717) is 63.1 Å². The van der Waals surface area contributed by atoms with Crippen molar-refractivity contribution in [1.82, 2.24) is 15.1 Å². The number of amides is 1. The van der Waals surface area contributed by atoms with Crippen LogP contribution in [0.2, 0.25) is 0 Å². The SMILES string of the molecule is COC(=O)C(Cc1ccc(-c2c(OCCOCCOCCOCCOCc3ccccc3)cnn(C)c2=O)cc1)NC(=O)OC(C)(C)C. The zero-order chi connectivity index (χ0) is 34.8. The van der Waals surface area contributed by atoms with E-state index in [1.165, 1.54) is 18.0 Å². The molecule has 13 nitrogen and oxygen atoms in total. The number of aryl methyl sites for hydroxylation is 1. The molecule has 0 aliphatic rings. The van der Waals surface area contributed by atoms with Gasteiger partial charge in [0.1, 0.15) is 18.2 Å². The van der Waals surface area contributed by atoms with E-state index in [1.807, 2.05) is 30.3 Å². The van der Waals surface area contributed by atoms with E-state index in [2.05, 4.69) is 10.4 Å². The van der Waals surface area contributed by atoms with Crippen LogP contribution in [0.1, 0.15) is 31.9 Å². The molecule has 0 aliphatic heterocycles. The van der Waals surface area contributed by atoms with Crippen molar-refractivity contribution >= 4 is 12.1 Å². The van der Waals surface area contributed by atoms with Gasteiger partial charge in [-0.25, -0.2) is 14.3 Å². The zero-order valence-electron chi connectivity index (χ0n) is 28.4. The second-order valence-corrected chi connectivity index (χ2v) is 11.7. The molecule has 1 heterocycles. The molecule has 1 amide bonds. The van der Waals surface area contributed by atoms with Crippen molar-refractivity contribution in [2.24, 2.45) is 7.05 Å². The predicted octanol–water partition coefficient (Wildman–Crippen LogP) is 3.70. The molecule has 48 heavy (non-hydrogen) atoms. The van der Waals surface area contributed by atoms with Crippen molar-refractivity contribution in [3.05, 3.63) is 82.3 Å². The van der Waals surface area contributed by atoms with E-state index in [0.717, 1.165) is 11.1 Å². The van der Waals surface area contributed by atoms with Crippen LogP contribution >= 0.6 is 0 Å². The normalized spacial score (nSPS) is 11.9. The topological polar surface area (TPSA) is 146 Å². The number of methoxy groups -OCH3 is 1. The van der Waals surface area contributed by atoms with Crippen LogP contribution in [0.15, 0.2) is 65.6 Å². The van der Waals surface area contributed by atoms with Gasteiger partial charge in [0.15, 0.2) is 5.75 Å². The second-order valence-electron chi connectivity index (χ2n) is 11.7. The third-order valence-corrected chi connectivity index (χ3v) is 6.67. The highest BCUT2D eigenvalue weighted by atomic mass is 16.6. The first kappa shape index (κ1) is 38.2. The lowest BCUT2D eigenvalue weighted by atomic mass is 10.0. The van der Waals surface area contributed by atoms with Gasteiger partial charge in [-0.2, -0.15) is 5.10 Å². The summed E-state index contributed by atoms with van der Waals surface area (Å²) in [6.07, 6.45) is 0.913. The highest BCUT2D eigenvalue weighted by molar-refractivity contribution is 5.81. The summed E-state index contributed by atoms with van der Waals surface area (Å²) < 4.78 is 39.5. The number of nitrogens with zero attached hydrogens (tertiary/aromatic N) is 2. The monoisotopic (exact) mass is 669 g/mol. The largest absolute Gasteiger partial charge is 0.489 e. The van der Waals surface area contributed by atoms with Gasteiger partial charge < -0.3 is 38.5 Å². The van der Waals surface area contributed by atoms with Crippen LogP contribution in [0.4, 0.5) is 4.79 Å². The van der Waals surface area contributed by atoms with Crippen molar-refractivity contribution in [2.75, 3.05) is 60.0 Å². The molecule has 3 rings (SSSR count). The summed E-state index contributed by atoms with van der Waals surface area (Å²) in [5.74, 6) is -0.294. The third kappa shape index (κ3) is 13.8. The highest BCUT2D eigenvalue weighted by Crippen LogP contribution is 2.26. The highest BCUT2D eigenvalue weighted by Gasteiger charge is 2.25.